The van der Waals surface area contributed by atoms with Gasteiger partial charge in [-0.1, -0.05) is 115 Å². The lowest BCUT2D eigenvalue weighted by Gasteiger charge is -2.12. The van der Waals surface area contributed by atoms with E-state index in [1.807, 2.05) is 66.7 Å². The topological polar surface area (TPSA) is 69.6 Å². The number of furan rings is 1. The van der Waals surface area contributed by atoms with Gasteiger partial charge in [0.05, 0.1) is 11.0 Å². The largest absolute Gasteiger partial charge is 0.456 e. The van der Waals surface area contributed by atoms with Crippen LogP contribution in [0.15, 0.2) is 168 Å². The van der Waals surface area contributed by atoms with E-state index in [-0.39, 0.29) is 0 Å². The van der Waals surface area contributed by atoms with Crippen LogP contribution in [0, 0.1) is 0 Å². The standard InChI is InChI=1S/C46H27N5OS/c1-3-14-28(15-4-1)43-48-44(50-45(49-43)34-22-11-19-31-30-18-7-10-27-39(30)53-42(31)34)32-20-12-25-37-40(32)41-33(21-13-26-38(41)52-37)46-47-35-23-8-9-24-36(35)51(46)29-16-5-2-6-17-29/h1-27H. The quantitative estimate of drug-likeness (QED) is 0.179. The molecule has 0 aliphatic heterocycles. The first kappa shape index (κ1) is 29.7. The Bertz CT molecular complexity index is 3180. The summed E-state index contributed by atoms with van der Waals surface area (Å²) in [7, 11) is 0. The zero-order valence-electron chi connectivity index (χ0n) is 28.1. The Labute approximate surface area is 307 Å². The van der Waals surface area contributed by atoms with Crippen molar-refractivity contribution in [1.82, 2.24) is 24.5 Å². The number of fused-ring (bicyclic) bond motifs is 7. The Kier molecular flexibility index (Phi) is 6.62. The van der Waals surface area contributed by atoms with Gasteiger partial charge in [-0.05, 0) is 48.5 Å². The molecule has 0 radical (unpaired) electrons. The fraction of sp³-hybridized carbons (Fsp3) is 0. The van der Waals surface area contributed by atoms with E-state index in [4.69, 9.17) is 24.4 Å². The SMILES string of the molecule is c1ccc(-c2nc(-c3cccc4c3sc3ccccc34)nc(-c3cccc4oc5cccc(-c6nc7ccccc7n6-c6ccccc6)c5c34)n2)cc1. The zero-order chi connectivity index (χ0) is 34.9. The molecule has 11 aromatic rings. The monoisotopic (exact) mass is 697 g/mol. The van der Waals surface area contributed by atoms with E-state index in [1.165, 1.54) is 15.5 Å². The molecule has 0 N–H and O–H groups in total. The number of imidazole rings is 1. The maximum atomic E-state index is 6.61. The highest BCUT2D eigenvalue weighted by molar-refractivity contribution is 7.26. The van der Waals surface area contributed by atoms with Crippen molar-refractivity contribution in [3.63, 3.8) is 0 Å². The molecule has 0 spiro atoms. The van der Waals surface area contributed by atoms with Crippen LogP contribution >= 0.6 is 11.3 Å². The molecule has 248 valence electrons. The summed E-state index contributed by atoms with van der Waals surface area (Å²) in [6.07, 6.45) is 0. The maximum absolute atomic E-state index is 6.61. The van der Waals surface area contributed by atoms with Gasteiger partial charge in [0.15, 0.2) is 17.5 Å². The first-order chi connectivity index (χ1) is 26.3. The number of para-hydroxylation sites is 3. The van der Waals surface area contributed by atoms with Gasteiger partial charge in [-0.15, -0.1) is 11.3 Å². The Hall–Kier alpha value is -6.96. The highest BCUT2D eigenvalue weighted by Crippen LogP contribution is 2.43. The second kappa shape index (κ2) is 11.8. The zero-order valence-corrected chi connectivity index (χ0v) is 29.0. The average molecular weight is 698 g/mol. The van der Waals surface area contributed by atoms with Crippen molar-refractivity contribution in [1.29, 1.82) is 0 Å². The molecule has 0 bridgehead atoms. The Morgan fingerprint density at radius 2 is 1.06 bits per heavy atom. The summed E-state index contributed by atoms with van der Waals surface area (Å²) in [5, 5.41) is 4.32. The molecule has 0 saturated carbocycles. The van der Waals surface area contributed by atoms with Gasteiger partial charge in [-0.3, -0.25) is 4.57 Å². The molecule has 4 heterocycles. The molecule has 0 fully saturated rings. The summed E-state index contributed by atoms with van der Waals surface area (Å²) in [5.41, 5.74) is 8.22. The molecule has 0 aliphatic carbocycles. The molecule has 11 rings (SSSR count). The lowest BCUT2D eigenvalue weighted by Crippen LogP contribution is -2.01. The van der Waals surface area contributed by atoms with Gasteiger partial charge in [-0.2, -0.15) is 0 Å². The number of aromatic nitrogens is 5. The third-order valence-electron chi connectivity index (χ3n) is 9.89. The summed E-state index contributed by atoms with van der Waals surface area (Å²) < 4.78 is 11.2. The van der Waals surface area contributed by atoms with Crippen molar-refractivity contribution in [3.05, 3.63) is 164 Å². The van der Waals surface area contributed by atoms with Crippen LogP contribution in [0.4, 0.5) is 0 Å². The Morgan fingerprint density at radius 3 is 1.89 bits per heavy atom. The average Bonchev–Trinajstić information content (AvgIpc) is 3.93. The van der Waals surface area contributed by atoms with Crippen LogP contribution in [-0.2, 0) is 0 Å². The van der Waals surface area contributed by atoms with Crippen molar-refractivity contribution in [2.45, 2.75) is 0 Å². The normalized spacial score (nSPS) is 11.8. The van der Waals surface area contributed by atoms with E-state index < -0.39 is 0 Å². The van der Waals surface area contributed by atoms with Gasteiger partial charge in [0.25, 0.3) is 0 Å². The molecular formula is C46H27N5OS. The smallest absolute Gasteiger partial charge is 0.165 e. The van der Waals surface area contributed by atoms with E-state index in [0.717, 1.165) is 71.4 Å². The molecule has 4 aromatic heterocycles. The van der Waals surface area contributed by atoms with Crippen molar-refractivity contribution in [2.24, 2.45) is 0 Å². The van der Waals surface area contributed by atoms with Crippen LogP contribution in [-0.4, -0.2) is 24.5 Å². The summed E-state index contributed by atoms with van der Waals surface area (Å²) in [5.74, 6) is 2.64. The van der Waals surface area contributed by atoms with Crippen molar-refractivity contribution < 1.29 is 4.42 Å². The number of rotatable bonds is 5. The predicted molar refractivity (Wildman–Crippen MR) is 216 cm³/mol. The van der Waals surface area contributed by atoms with Crippen molar-refractivity contribution >= 4 is 64.5 Å². The van der Waals surface area contributed by atoms with Crippen LogP contribution < -0.4 is 0 Å². The minimum Gasteiger partial charge on any atom is -0.456 e. The summed E-state index contributed by atoms with van der Waals surface area (Å²) in [6, 6.07) is 56.0. The van der Waals surface area contributed by atoms with Crippen LogP contribution in [0.25, 0.3) is 104 Å². The van der Waals surface area contributed by atoms with Crippen molar-refractivity contribution in [3.8, 4) is 51.2 Å². The Balaban J connectivity index is 1.20. The van der Waals surface area contributed by atoms with Crippen LogP contribution in [0.1, 0.15) is 0 Å². The third kappa shape index (κ3) is 4.71. The highest BCUT2D eigenvalue weighted by atomic mass is 32.1. The molecule has 0 unspecified atom stereocenters. The third-order valence-corrected chi connectivity index (χ3v) is 11.1. The molecule has 0 aliphatic rings. The Morgan fingerprint density at radius 1 is 0.453 bits per heavy atom. The molecule has 7 heteroatoms. The summed E-state index contributed by atoms with van der Waals surface area (Å²) in [6.45, 7) is 0. The minimum atomic E-state index is 0.576. The molecule has 0 atom stereocenters. The van der Waals surface area contributed by atoms with E-state index in [9.17, 15) is 0 Å². The van der Waals surface area contributed by atoms with Gasteiger partial charge in [0.2, 0.25) is 0 Å². The van der Waals surface area contributed by atoms with Gasteiger partial charge in [-0.25, -0.2) is 19.9 Å². The molecular weight excluding hydrogens is 671 g/mol. The maximum Gasteiger partial charge on any atom is 0.165 e. The molecule has 0 amide bonds. The van der Waals surface area contributed by atoms with Gasteiger partial charge >= 0.3 is 0 Å². The van der Waals surface area contributed by atoms with Crippen molar-refractivity contribution in [2.75, 3.05) is 0 Å². The number of hydrogen-bond donors (Lipinski definition) is 0. The van der Waals surface area contributed by atoms with E-state index in [2.05, 4.69) is 102 Å². The second-order valence-electron chi connectivity index (χ2n) is 13.0. The van der Waals surface area contributed by atoms with E-state index >= 15 is 0 Å². The van der Waals surface area contributed by atoms with Crippen LogP contribution in [0.5, 0.6) is 0 Å². The van der Waals surface area contributed by atoms with Crippen LogP contribution in [0.2, 0.25) is 0 Å². The minimum absolute atomic E-state index is 0.576. The highest BCUT2D eigenvalue weighted by Gasteiger charge is 2.23. The van der Waals surface area contributed by atoms with Crippen LogP contribution in [0.3, 0.4) is 0 Å². The first-order valence-corrected chi connectivity index (χ1v) is 18.3. The van der Waals surface area contributed by atoms with Gasteiger partial charge in [0, 0.05) is 58.9 Å². The lowest BCUT2D eigenvalue weighted by atomic mass is 10.0. The molecule has 53 heavy (non-hydrogen) atoms. The molecule has 7 aromatic carbocycles. The fourth-order valence-electron chi connectivity index (χ4n) is 7.54. The molecule has 0 saturated heterocycles. The number of hydrogen-bond acceptors (Lipinski definition) is 6. The van der Waals surface area contributed by atoms with Gasteiger partial charge in [0.1, 0.15) is 17.0 Å². The number of benzene rings is 7. The number of nitrogens with zero attached hydrogens (tertiary/aromatic N) is 5. The summed E-state index contributed by atoms with van der Waals surface area (Å²) >= 11 is 1.77. The second-order valence-corrected chi connectivity index (χ2v) is 14.1. The lowest BCUT2D eigenvalue weighted by molar-refractivity contribution is 0.669. The number of thiophene rings is 1. The van der Waals surface area contributed by atoms with E-state index in [0.29, 0.717) is 17.5 Å². The summed E-state index contributed by atoms with van der Waals surface area (Å²) in [4.78, 5) is 20.8. The van der Waals surface area contributed by atoms with E-state index in [1.54, 1.807) is 11.3 Å². The first-order valence-electron chi connectivity index (χ1n) is 17.5. The fourth-order valence-corrected chi connectivity index (χ4v) is 8.75. The molecule has 6 nitrogen and oxygen atoms in total. The predicted octanol–water partition coefficient (Wildman–Crippen LogP) is 12.1. The van der Waals surface area contributed by atoms with Gasteiger partial charge < -0.3 is 4.42 Å².